The Hall–Kier alpha value is -1.10. The summed E-state index contributed by atoms with van der Waals surface area (Å²) >= 11 is 0. The summed E-state index contributed by atoms with van der Waals surface area (Å²) in [6, 6.07) is 0. The first kappa shape index (κ1) is 13.9. The summed E-state index contributed by atoms with van der Waals surface area (Å²) in [5.74, 6) is -1.45. The molecule has 15 heavy (non-hydrogen) atoms. The quantitative estimate of drug-likeness (QED) is 0.400. The summed E-state index contributed by atoms with van der Waals surface area (Å²) in [7, 11) is 1.30. The molecule has 0 aromatic rings. The number of ether oxygens (including phenoxy) is 1. The molecule has 0 aromatic heterocycles. The number of rotatable bonds is 7. The fraction of sp³-hybridized carbons (Fsp3) is 0.800. The first-order valence-electron chi connectivity index (χ1n) is 5.07. The van der Waals surface area contributed by atoms with E-state index in [1.54, 1.807) is 0 Å². The Balaban J connectivity index is 4.00. The van der Waals surface area contributed by atoms with Crippen LogP contribution in [0.4, 0.5) is 0 Å². The second-order valence-electron chi connectivity index (χ2n) is 3.36. The second-order valence-corrected chi connectivity index (χ2v) is 3.36. The highest BCUT2D eigenvalue weighted by atomic mass is 17.1. The monoisotopic (exact) mass is 218 g/mol. The van der Waals surface area contributed by atoms with Gasteiger partial charge in [0.15, 0.2) is 0 Å². The molecule has 5 nitrogen and oxygen atoms in total. The van der Waals surface area contributed by atoms with Crippen molar-refractivity contribution in [2.45, 2.75) is 39.0 Å². The lowest BCUT2D eigenvalue weighted by Crippen LogP contribution is -2.18. The van der Waals surface area contributed by atoms with Crippen LogP contribution in [0.5, 0.6) is 0 Å². The van der Waals surface area contributed by atoms with Crippen molar-refractivity contribution < 1.29 is 24.5 Å². The Kier molecular flexibility index (Phi) is 7.62. The third-order valence-corrected chi connectivity index (χ3v) is 2.25. The second kappa shape index (κ2) is 8.23. The number of hydrogen-bond donors (Lipinski definition) is 1. The van der Waals surface area contributed by atoms with E-state index in [0.717, 1.165) is 12.8 Å². The fourth-order valence-electron chi connectivity index (χ4n) is 1.30. The summed E-state index contributed by atoms with van der Waals surface area (Å²) in [5, 5.41) is 8.26. The first-order chi connectivity index (χ1) is 7.15. The maximum atomic E-state index is 11.1. The molecule has 0 aromatic carbocycles. The number of carbonyl (C=O) groups is 2. The van der Waals surface area contributed by atoms with Gasteiger partial charge in [0, 0.05) is 6.42 Å². The molecule has 0 aliphatic rings. The molecule has 0 aliphatic heterocycles. The van der Waals surface area contributed by atoms with Gasteiger partial charge in [0.25, 0.3) is 0 Å². The molecule has 0 radical (unpaired) electrons. The van der Waals surface area contributed by atoms with E-state index in [1.165, 1.54) is 7.11 Å². The molecule has 88 valence electrons. The van der Waals surface area contributed by atoms with Gasteiger partial charge in [-0.15, -0.1) is 0 Å². The molecule has 0 rings (SSSR count). The Morgan fingerprint density at radius 2 is 2.00 bits per heavy atom. The van der Waals surface area contributed by atoms with Gasteiger partial charge in [-0.1, -0.05) is 19.8 Å². The molecule has 0 fully saturated rings. The number of methoxy groups -OCH3 is 1. The predicted molar refractivity (Wildman–Crippen MR) is 53.0 cm³/mol. The lowest BCUT2D eigenvalue weighted by Gasteiger charge is -2.11. The van der Waals surface area contributed by atoms with Crippen LogP contribution in [0.1, 0.15) is 39.0 Å². The minimum Gasteiger partial charge on any atom is -0.469 e. The van der Waals surface area contributed by atoms with Gasteiger partial charge in [0.2, 0.25) is 0 Å². The molecule has 1 N–H and O–H groups in total. The largest absolute Gasteiger partial charge is 0.469 e. The molecule has 0 spiro atoms. The molecule has 1 atom stereocenters. The summed E-state index contributed by atoms with van der Waals surface area (Å²) < 4.78 is 4.46. The van der Waals surface area contributed by atoms with Gasteiger partial charge in [-0.3, -0.25) is 4.79 Å². The highest BCUT2D eigenvalue weighted by Crippen LogP contribution is 2.16. The van der Waals surface area contributed by atoms with E-state index in [-0.39, 0.29) is 12.4 Å². The van der Waals surface area contributed by atoms with Crippen molar-refractivity contribution in [3.05, 3.63) is 0 Å². The van der Waals surface area contributed by atoms with Crippen molar-refractivity contribution in [1.82, 2.24) is 0 Å². The standard InChI is InChI=1S/C10H18O5/c1-3-4-5-8(10(12)15-13)6-7-9(11)14-2/h8,13H,3-7H2,1-2H3. The summed E-state index contributed by atoms with van der Waals surface area (Å²) in [6.07, 6.45) is 2.95. The summed E-state index contributed by atoms with van der Waals surface area (Å²) in [5.41, 5.74) is 0. The Morgan fingerprint density at radius 1 is 1.33 bits per heavy atom. The first-order valence-corrected chi connectivity index (χ1v) is 5.07. The van der Waals surface area contributed by atoms with E-state index in [4.69, 9.17) is 5.26 Å². The summed E-state index contributed by atoms with van der Waals surface area (Å²) in [6.45, 7) is 2.00. The minimum atomic E-state index is -0.674. The van der Waals surface area contributed by atoms with E-state index in [9.17, 15) is 9.59 Å². The molecular formula is C10H18O5. The minimum absolute atomic E-state index is 0.167. The van der Waals surface area contributed by atoms with Crippen molar-refractivity contribution in [3.8, 4) is 0 Å². The van der Waals surface area contributed by atoms with Crippen molar-refractivity contribution in [2.24, 2.45) is 5.92 Å². The molecule has 0 amide bonds. The van der Waals surface area contributed by atoms with Crippen LogP contribution < -0.4 is 0 Å². The number of hydrogen-bond acceptors (Lipinski definition) is 5. The van der Waals surface area contributed by atoms with Crippen LogP contribution in [0.25, 0.3) is 0 Å². The zero-order chi connectivity index (χ0) is 11.7. The van der Waals surface area contributed by atoms with Crippen LogP contribution in [0, 0.1) is 5.92 Å². The number of unbranched alkanes of at least 4 members (excludes halogenated alkanes) is 1. The van der Waals surface area contributed by atoms with Crippen LogP contribution in [0.2, 0.25) is 0 Å². The molecule has 0 aliphatic carbocycles. The van der Waals surface area contributed by atoms with Gasteiger partial charge in [-0.2, -0.15) is 5.26 Å². The van der Waals surface area contributed by atoms with Crippen molar-refractivity contribution in [1.29, 1.82) is 0 Å². The van der Waals surface area contributed by atoms with Crippen LogP contribution in [-0.4, -0.2) is 24.3 Å². The topological polar surface area (TPSA) is 72.8 Å². The van der Waals surface area contributed by atoms with E-state index < -0.39 is 11.9 Å². The zero-order valence-electron chi connectivity index (χ0n) is 9.19. The molecule has 0 saturated carbocycles. The van der Waals surface area contributed by atoms with Crippen molar-refractivity contribution >= 4 is 11.9 Å². The lowest BCUT2D eigenvalue weighted by molar-refractivity contribution is -0.239. The molecule has 5 heteroatoms. The van der Waals surface area contributed by atoms with Gasteiger partial charge >= 0.3 is 11.9 Å². The zero-order valence-corrected chi connectivity index (χ0v) is 9.19. The predicted octanol–water partition coefficient (Wildman–Crippen LogP) is 1.76. The SMILES string of the molecule is CCCCC(CCC(=O)OC)C(=O)OO. The lowest BCUT2D eigenvalue weighted by atomic mass is 9.97. The maximum Gasteiger partial charge on any atom is 0.345 e. The highest BCUT2D eigenvalue weighted by Gasteiger charge is 2.20. The normalized spacial score (nSPS) is 11.9. The van der Waals surface area contributed by atoms with E-state index in [0.29, 0.717) is 12.8 Å². The van der Waals surface area contributed by atoms with Gasteiger partial charge in [0.1, 0.15) is 0 Å². The smallest absolute Gasteiger partial charge is 0.345 e. The average molecular weight is 218 g/mol. The highest BCUT2D eigenvalue weighted by molar-refractivity contribution is 5.74. The van der Waals surface area contributed by atoms with Gasteiger partial charge in [-0.25, -0.2) is 4.79 Å². The third kappa shape index (κ3) is 6.06. The molecule has 0 saturated heterocycles. The Labute approximate surface area is 89.3 Å². The Morgan fingerprint density at radius 3 is 2.47 bits per heavy atom. The van der Waals surface area contributed by atoms with E-state index in [1.807, 2.05) is 6.92 Å². The Bertz CT molecular complexity index is 202. The van der Waals surface area contributed by atoms with Gasteiger partial charge in [0.05, 0.1) is 13.0 Å². The maximum absolute atomic E-state index is 11.1. The van der Waals surface area contributed by atoms with Gasteiger partial charge in [-0.05, 0) is 12.8 Å². The van der Waals surface area contributed by atoms with Crippen LogP contribution in [-0.2, 0) is 19.2 Å². The van der Waals surface area contributed by atoms with Crippen molar-refractivity contribution in [3.63, 3.8) is 0 Å². The number of carbonyl (C=O) groups excluding carboxylic acids is 2. The van der Waals surface area contributed by atoms with E-state index in [2.05, 4.69) is 9.62 Å². The van der Waals surface area contributed by atoms with Crippen LogP contribution in [0.15, 0.2) is 0 Å². The summed E-state index contributed by atoms with van der Waals surface area (Å²) in [4.78, 5) is 25.6. The average Bonchev–Trinajstić information content (AvgIpc) is 2.27. The fourth-order valence-corrected chi connectivity index (χ4v) is 1.30. The molecule has 1 unspecified atom stereocenters. The van der Waals surface area contributed by atoms with Crippen molar-refractivity contribution in [2.75, 3.05) is 7.11 Å². The van der Waals surface area contributed by atoms with E-state index >= 15 is 0 Å². The molecular weight excluding hydrogens is 200 g/mol. The van der Waals surface area contributed by atoms with Gasteiger partial charge < -0.3 is 9.62 Å². The molecule has 0 heterocycles. The third-order valence-electron chi connectivity index (χ3n) is 2.25. The van der Waals surface area contributed by atoms with Crippen LogP contribution >= 0.6 is 0 Å². The van der Waals surface area contributed by atoms with Crippen LogP contribution in [0.3, 0.4) is 0 Å². The number of esters is 1. The molecule has 0 bridgehead atoms.